The molecule has 2 N–H and O–H groups in total. The van der Waals surface area contributed by atoms with Gasteiger partial charge in [-0.15, -0.1) is 0 Å². The Labute approximate surface area is 120 Å². The average Bonchev–Trinajstić information content (AvgIpc) is 2.91. The largest absolute Gasteiger partial charge is 0.493 e. The number of Topliss-reactive ketones (excluding diaryl/α,β-unsaturated/α-hetero) is 1. The van der Waals surface area contributed by atoms with E-state index in [1.54, 1.807) is 18.0 Å². The molecule has 0 aliphatic heterocycles. The lowest BCUT2D eigenvalue weighted by molar-refractivity contribution is 0.0854. The van der Waals surface area contributed by atoms with E-state index < -0.39 is 0 Å². The molecule has 0 spiro atoms. The minimum atomic E-state index is -0.0246. The summed E-state index contributed by atoms with van der Waals surface area (Å²) in [5, 5.41) is 4.21. The van der Waals surface area contributed by atoms with Gasteiger partial charge < -0.3 is 10.5 Å². The number of nitrogens with zero attached hydrogens (tertiary/aromatic N) is 2. The quantitative estimate of drug-likeness (QED) is 0.812. The summed E-state index contributed by atoms with van der Waals surface area (Å²) >= 11 is 0. The first-order valence-corrected chi connectivity index (χ1v) is 7.49. The molecule has 0 saturated heterocycles. The van der Waals surface area contributed by atoms with Crippen LogP contribution in [0.4, 0.5) is 0 Å². The highest BCUT2D eigenvalue weighted by Gasteiger charge is 2.35. The van der Waals surface area contributed by atoms with E-state index in [-0.39, 0.29) is 11.2 Å². The highest BCUT2D eigenvalue weighted by molar-refractivity contribution is 5.97. The molecule has 0 unspecified atom stereocenters. The normalized spacial score (nSPS) is 17.9. The zero-order chi connectivity index (χ0) is 14.6. The van der Waals surface area contributed by atoms with Crippen LogP contribution in [0.5, 0.6) is 5.75 Å². The van der Waals surface area contributed by atoms with Crippen LogP contribution in [-0.4, -0.2) is 29.2 Å². The third-order valence-electron chi connectivity index (χ3n) is 4.47. The molecule has 1 saturated carbocycles. The van der Waals surface area contributed by atoms with Gasteiger partial charge in [0, 0.05) is 13.0 Å². The lowest BCUT2D eigenvalue weighted by Gasteiger charge is -2.35. The maximum absolute atomic E-state index is 12.7. The molecule has 0 bridgehead atoms. The van der Waals surface area contributed by atoms with Crippen LogP contribution in [-0.2, 0) is 6.54 Å². The van der Waals surface area contributed by atoms with E-state index in [9.17, 15) is 4.79 Å². The van der Waals surface area contributed by atoms with Gasteiger partial charge in [0.2, 0.25) is 0 Å². The van der Waals surface area contributed by atoms with Gasteiger partial charge in [0.1, 0.15) is 5.69 Å². The van der Waals surface area contributed by atoms with Gasteiger partial charge in [-0.05, 0) is 31.7 Å². The number of methoxy groups -OCH3 is 1. The first-order valence-electron chi connectivity index (χ1n) is 7.49. The number of carbonyl (C=O) groups is 1. The molecule has 1 heterocycles. The summed E-state index contributed by atoms with van der Waals surface area (Å²) in [4.78, 5) is 12.7. The zero-order valence-corrected chi connectivity index (χ0v) is 12.5. The molecule has 0 amide bonds. The van der Waals surface area contributed by atoms with Gasteiger partial charge in [-0.2, -0.15) is 5.10 Å². The monoisotopic (exact) mass is 279 g/mol. The SMILES string of the molecule is CCn1ncc(OC)c1C(=O)CC1(CN)CCCCC1. The van der Waals surface area contributed by atoms with Gasteiger partial charge in [-0.3, -0.25) is 9.48 Å². The fourth-order valence-electron chi connectivity index (χ4n) is 3.22. The summed E-state index contributed by atoms with van der Waals surface area (Å²) < 4.78 is 6.99. The van der Waals surface area contributed by atoms with E-state index in [0.29, 0.717) is 31.0 Å². The second kappa shape index (κ2) is 6.39. The van der Waals surface area contributed by atoms with E-state index in [2.05, 4.69) is 5.10 Å². The highest BCUT2D eigenvalue weighted by atomic mass is 16.5. The third kappa shape index (κ3) is 2.87. The number of nitrogens with two attached hydrogens (primary N) is 1. The number of aromatic nitrogens is 2. The van der Waals surface area contributed by atoms with E-state index in [4.69, 9.17) is 10.5 Å². The second-order valence-electron chi connectivity index (χ2n) is 5.74. The van der Waals surface area contributed by atoms with E-state index in [1.807, 2.05) is 6.92 Å². The Kier molecular flexibility index (Phi) is 4.81. The molecule has 112 valence electrons. The lowest BCUT2D eigenvalue weighted by Crippen LogP contribution is -2.35. The van der Waals surface area contributed by atoms with Crippen LogP contribution in [0.2, 0.25) is 0 Å². The van der Waals surface area contributed by atoms with Crippen molar-refractivity contribution in [3.8, 4) is 5.75 Å². The van der Waals surface area contributed by atoms with Crippen LogP contribution >= 0.6 is 0 Å². The zero-order valence-electron chi connectivity index (χ0n) is 12.5. The van der Waals surface area contributed by atoms with Crippen molar-refractivity contribution in [2.75, 3.05) is 13.7 Å². The second-order valence-corrected chi connectivity index (χ2v) is 5.74. The predicted molar refractivity (Wildman–Crippen MR) is 78.0 cm³/mol. The van der Waals surface area contributed by atoms with Crippen LogP contribution in [0.15, 0.2) is 6.20 Å². The van der Waals surface area contributed by atoms with Gasteiger partial charge in [-0.1, -0.05) is 19.3 Å². The van der Waals surface area contributed by atoms with E-state index >= 15 is 0 Å². The topological polar surface area (TPSA) is 70.1 Å². The van der Waals surface area contributed by atoms with Crippen LogP contribution in [0.1, 0.15) is 55.9 Å². The molecular weight excluding hydrogens is 254 g/mol. The number of ether oxygens (including phenoxy) is 1. The van der Waals surface area contributed by atoms with Crippen molar-refractivity contribution >= 4 is 5.78 Å². The smallest absolute Gasteiger partial charge is 0.185 e. The van der Waals surface area contributed by atoms with E-state index in [0.717, 1.165) is 12.8 Å². The number of hydrogen-bond donors (Lipinski definition) is 1. The van der Waals surface area contributed by atoms with Crippen molar-refractivity contribution < 1.29 is 9.53 Å². The Bertz CT molecular complexity index is 440. The maximum Gasteiger partial charge on any atom is 0.185 e. The van der Waals surface area contributed by atoms with Crippen LogP contribution in [0.25, 0.3) is 0 Å². The minimum Gasteiger partial charge on any atom is -0.493 e. The van der Waals surface area contributed by atoms with Gasteiger partial charge in [0.05, 0.1) is 13.3 Å². The molecule has 0 atom stereocenters. The van der Waals surface area contributed by atoms with Crippen molar-refractivity contribution in [3.63, 3.8) is 0 Å². The fraction of sp³-hybridized carbons (Fsp3) is 0.733. The third-order valence-corrected chi connectivity index (χ3v) is 4.47. The van der Waals surface area contributed by atoms with Crippen LogP contribution in [0.3, 0.4) is 0 Å². The molecule has 5 nitrogen and oxygen atoms in total. The molecule has 1 aliphatic carbocycles. The Morgan fingerprint density at radius 1 is 1.45 bits per heavy atom. The number of ketones is 1. The van der Waals surface area contributed by atoms with Gasteiger partial charge >= 0.3 is 0 Å². The molecule has 20 heavy (non-hydrogen) atoms. The van der Waals surface area contributed by atoms with Gasteiger partial charge in [0.15, 0.2) is 11.5 Å². The Hall–Kier alpha value is -1.36. The van der Waals surface area contributed by atoms with E-state index in [1.165, 1.54) is 19.3 Å². The van der Waals surface area contributed by atoms with Crippen molar-refractivity contribution in [2.45, 2.75) is 52.0 Å². The van der Waals surface area contributed by atoms with Crippen LogP contribution < -0.4 is 10.5 Å². The first kappa shape index (κ1) is 15.0. The fourth-order valence-corrected chi connectivity index (χ4v) is 3.22. The van der Waals surface area contributed by atoms with Crippen molar-refractivity contribution in [1.29, 1.82) is 0 Å². The Morgan fingerprint density at radius 3 is 2.70 bits per heavy atom. The number of rotatable bonds is 6. The molecule has 0 radical (unpaired) electrons. The number of hydrogen-bond acceptors (Lipinski definition) is 4. The average molecular weight is 279 g/mol. The van der Waals surface area contributed by atoms with Gasteiger partial charge in [-0.25, -0.2) is 0 Å². The standard InChI is InChI=1S/C15H25N3O2/c1-3-18-14(13(20-2)10-17-18)12(19)9-15(11-16)7-5-4-6-8-15/h10H,3-9,11,16H2,1-2H3. The van der Waals surface area contributed by atoms with Gasteiger partial charge in [0.25, 0.3) is 0 Å². The number of carbonyl (C=O) groups excluding carboxylic acids is 1. The molecule has 1 aromatic heterocycles. The summed E-state index contributed by atoms with van der Waals surface area (Å²) in [6.45, 7) is 3.23. The minimum absolute atomic E-state index is 0.0246. The molecular formula is C15H25N3O2. The first-order chi connectivity index (χ1) is 9.65. The molecule has 1 fully saturated rings. The molecule has 0 aromatic carbocycles. The van der Waals surface area contributed by atoms with Crippen molar-refractivity contribution in [3.05, 3.63) is 11.9 Å². The molecule has 2 rings (SSSR count). The Balaban J connectivity index is 2.20. The molecule has 1 aliphatic rings. The Morgan fingerprint density at radius 2 is 2.15 bits per heavy atom. The molecule has 1 aromatic rings. The summed E-state index contributed by atoms with van der Waals surface area (Å²) in [6, 6.07) is 0. The molecule has 5 heteroatoms. The van der Waals surface area contributed by atoms with Crippen LogP contribution in [0, 0.1) is 5.41 Å². The lowest BCUT2D eigenvalue weighted by atomic mass is 9.70. The summed E-state index contributed by atoms with van der Waals surface area (Å²) in [5.41, 5.74) is 6.54. The van der Waals surface area contributed by atoms with Crippen molar-refractivity contribution in [1.82, 2.24) is 9.78 Å². The predicted octanol–water partition coefficient (Wildman–Crippen LogP) is 2.39. The van der Waals surface area contributed by atoms with Crippen molar-refractivity contribution in [2.24, 2.45) is 11.1 Å². The summed E-state index contributed by atoms with van der Waals surface area (Å²) in [6.07, 6.45) is 7.84. The highest BCUT2D eigenvalue weighted by Crippen LogP contribution is 2.39. The summed E-state index contributed by atoms with van der Waals surface area (Å²) in [5.74, 6) is 0.674. The summed E-state index contributed by atoms with van der Waals surface area (Å²) in [7, 11) is 1.58. The number of aryl methyl sites for hydroxylation is 1. The maximum atomic E-state index is 12.7.